The first kappa shape index (κ1) is 16.3. The molecule has 1 unspecified atom stereocenters. The molecule has 1 N–H and O–H groups in total. The minimum Gasteiger partial charge on any atom is -0.357 e. The van der Waals surface area contributed by atoms with E-state index in [0.29, 0.717) is 12.0 Å². The number of anilines is 1. The number of aromatic nitrogens is 1. The average molecular weight is 289 g/mol. The van der Waals surface area contributed by atoms with Crippen LogP contribution in [0.15, 0.2) is 12.1 Å². The first-order valence-corrected chi connectivity index (χ1v) is 8.47. The van der Waals surface area contributed by atoms with E-state index in [1.54, 1.807) is 0 Å². The van der Waals surface area contributed by atoms with Crippen LogP contribution in [0, 0.1) is 5.92 Å². The lowest BCUT2D eigenvalue weighted by molar-refractivity contribution is 0.600. The van der Waals surface area contributed by atoms with E-state index in [1.165, 1.54) is 30.5 Å². The fraction of sp³-hybridized carbons (Fsp3) is 0.722. The maximum Gasteiger partial charge on any atom is 0.129 e. The number of pyridine rings is 1. The van der Waals surface area contributed by atoms with Crippen LogP contribution in [0.5, 0.6) is 0 Å². The fourth-order valence-corrected chi connectivity index (χ4v) is 2.69. The highest BCUT2D eigenvalue weighted by atomic mass is 15.2. The topological polar surface area (TPSA) is 28.2 Å². The van der Waals surface area contributed by atoms with Gasteiger partial charge in [-0.1, -0.05) is 20.8 Å². The summed E-state index contributed by atoms with van der Waals surface area (Å²) in [5.41, 5.74) is 2.56. The van der Waals surface area contributed by atoms with Crippen molar-refractivity contribution in [2.45, 2.75) is 65.5 Å². The standard InChI is InChI=1S/C18H31N3/c1-6-9-19-12-15-10-17(13(2)3)20-18(11-15)21(5)14(4)16-7-8-16/h10-11,13-14,16,19H,6-9,12H2,1-5H3. The van der Waals surface area contributed by atoms with Gasteiger partial charge in [-0.2, -0.15) is 0 Å². The van der Waals surface area contributed by atoms with Crippen molar-refractivity contribution >= 4 is 5.82 Å². The lowest BCUT2D eigenvalue weighted by atomic mass is 10.1. The van der Waals surface area contributed by atoms with E-state index in [2.05, 4.69) is 57.1 Å². The molecule has 21 heavy (non-hydrogen) atoms. The summed E-state index contributed by atoms with van der Waals surface area (Å²) >= 11 is 0. The van der Waals surface area contributed by atoms with Crippen LogP contribution in [-0.2, 0) is 6.54 Å². The molecule has 0 aromatic carbocycles. The SMILES string of the molecule is CCCNCc1cc(C(C)C)nc(N(C)C(C)C2CC2)c1. The van der Waals surface area contributed by atoms with Gasteiger partial charge in [-0.15, -0.1) is 0 Å². The molecule has 0 saturated heterocycles. The molecule has 3 nitrogen and oxygen atoms in total. The molecule has 1 aromatic heterocycles. The Balaban J connectivity index is 2.17. The zero-order valence-corrected chi connectivity index (χ0v) is 14.3. The quantitative estimate of drug-likeness (QED) is 0.735. The first-order chi connectivity index (χ1) is 10.0. The Kier molecular flexibility index (Phi) is 5.63. The van der Waals surface area contributed by atoms with Crippen molar-refractivity contribution in [3.8, 4) is 0 Å². The Morgan fingerprint density at radius 2 is 2.00 bits per heavy atom. The van der Waals surface area contributed by atoms with E-state index in [-0.39, 0.29) is 0 Å². The van der Waals surface area contributed by atoms with Crippen molar-refractivity contribution in [2.75, 3.05) is 18.5 Å². The van der Waals surface area contributed by atoms with Gasteiger partial charge in [0.25, 0.3) is 0 Å². The second-order valence-electron chi connectivity index (χ2n) is 6.78. The molecule has 0 radical (unpaired) electrons. The normalized spacial score (nSPS) is 16.3. The lowest BCUT2D eigenvalue weighted by Crippen LogP contribution is -2.31. The second-order valence-corrected chi connectivity index (χ2v) is 6.78. The largest absolute Gasteiger partial charge is 0.357 e. The van der Waals surface area contributed by atoms with Crippen LogP contribution in [0.3, 0.4) is 0 Å². The van der Waals surface area contributed by atoms with E-state index in [9.17, 15) is 0 Å². The number of nitrogens with zero attached hydrogens (tertiary/aromatic N) is 2. The van der Waals surface area contributed by atoms with Gasteiger partial charge in [-0.3, -0.25) is 0 Å². The molecule has 0 amide bonds. The van der Waals surface area contributed by atoms with Gasteiger partial charge in [-0.25, -0.2) is 4.98 Å². The molecule has 0 bridgehead atoms. The van der Waals surface area contributed by atoms with Gasteiger partial charge >= 0.3 is 0 Å². The molecule has 118 valence electrons. The minimum atomic E-state index is 0.472. The van der Waals surface area contributed by atoms with Crippen LogP contribution < -0.4 is 10.2 Å². The molecule has 0 spiro atoms. The van der Waals surface area contributed by atoms with Gasteiger partial charge in [0.1, 0.15) is 5.82 Å². The fourth-order valence-electron chi connectivity index (χ4n) is 2.69. The van der Waals surface area contributed by atoms with E-state index in [4.69, 9.17) is 4.98 Å². The Morgan fingerprint density at radius 1 is 1.29 bits per heavy atom. The summed E-state index contributed by atoms with van der Waals surface area (Å²) < 4.78 is 0. The monoisotopic (exact) mass is 289 g/mol. The summed E-state index contributed by atoms with van der Waals surface area (Å²) in [6, 6.07) is 5.11. The van der Waals surface area contributed by atoms with Crippen LogP contribution in [-0.4, -0.2) is 24.6 Å². The average Bonchev–Trinajstić information content (AvgIpc) is 3.30. The summed E-state index contributed by atoms with van der Waals surface area (Å²) in [5.74, 6) is 2.47. The molecule has 1 aromatic rings. The molecule has 0 aliphatic heterocycles. The summed E-state index contributed by atoms with van der Waals surface area (Å²) in [6.07, 6.45) is 3.92. The highest BCUT2D eigenvalue weighted by Gasteiger charge is 2.31. The molecular weight excluding hydrogens is 258 g/mol. The molecule has 1 heterocycles. The van der Waals surface area contributed by atoms with Gasteiger partial charge in [0.05, 0.1) is 0 Å². The van der Waals surface area contributed by atoms with Crippen LogP contribution in [0.25, 0.3) is 0 Å². The van der Waals surface area contributed by atoms with E-state index in [0.717, 1.165) is 24.8 Å². The summed E-state index contributed by atoms with van der Waals surface area (Å²) in [4.78, 5) is 7.26. The van der Waals surface area contributed by atoms with E-state index < -0.39 is 0 Å². The molecule has 2 rings (SSSR count). The maximum absolute atomic E-state index is 4.89. The van der Waals surface area contributed by atoms with Crippen LogP contribution in [0.4, 0.5) is 5.82 Å². The van der Waals surface area contributed by atoms with Gasteiger partial charge in [0.2, 0.25) is 0 Å². The van der Waals surface area contributed by atoms with Gasteiger partial charge in [0.15, 0.2) is 0 Å². The zero-order valence-electron chi connectivity index (χ0n) is 14.3. The van der Waals surface area contributed by atoms with Crippen molar-refractivity contribution in [3.05, 3.63) is 23.4 Å². The summed E-state index contributed by atoms with van der Waals surface area (Å²) in [7, 11) is 2.19. The predicted molar refractivity (Wildman–Crippen MR) is 90.9 cm³/mol. The lowest BCUT2D eigenvalue weighted by Gasteiger charge is -2.27. The van der Waals surface area contributed by atoms with Crippen molar-refractivity contribution in [3.63, 3.8) is 0 Å². The van der Waals surface area contributed by atoms with E-state index in [1.807, 2.05) is 0 Å². The molecule has 1 aliphatic rings. The third-order valence-electron chi connectivity index (χ3n) is 4.52. The van der Waals surface area contributed by atoms with Crippen molar-refractivity contribution in [2.24, 2.45) is 5.92 Å². The third kappa shape index (κ3) is 4.44. The van der Waals surface area contributed by atoms with Crippen LogP contribution in [0.1, 0.15) is 64.1 Å². The molecule has 1 atom stereocenters. The number of rotatable bonds is 8. The smallest absolute Gasteiger partial charge is 0.129 e. The predicted octanol–water partition coefficient (Wildman–Crippen LogP) is 3.94. The van der Waals surface area contributed by atoms with Crippen molar-refractivity contribution < 1.29 is 0 Å². The molecule has 1 aliphatic carbocycles. The van der Waals surface area contributed by atoms with Crippen molar-refractivity contribution in [1.82, 2.24) is 10.3 Å². The van der Waals surface area contributed by atoms with Crippen LogP contribution in [0.2, 0.25) is 0 Å². The molecule has 1 fully saturated rings. The highest BCUT2D eigenvalue weighted by molar-refractivity contribution is 5.44. The van der Waals surface area contributed by atoms with Crippen molar-refractivity contribution in [1.29, 1.82) is 0 Å². The summed E-state index contributed by atoms with van der Waals surface area (Å²) in [5, 5.41) is 3.50. The molecule has 1 saturated carbocycles. The van der Waals surface area contributed by atoms with Gasteiger partial charge in [0, 0.05) is 25.3 Å². The van der Waals surface area contributed by atoms with Gasteiger partial charge in [-0.05, 0) is 62.3 Å². The Morgan fingerprint density at radius 3 is 2.57 bits per heavy atom. The highest BCUT2D eigenvalue weighted by Crippen LogP contribution is 2.36. The number of hydrogen-bond donors (Lipinski definition) is 1. The van der Waals surface area contributed by atoms with Crippen LogP contribution >= 0.6 is 0 Å². The second kappa shape index (κ2) is 7.26. The Hall–Kier alpha value is -1.09. The first-order valence-electron chi connectivity index (χ1n) is 8.47. The number of hydrogen-bond acceptors (Lipinski definition) is 3. The summed E-state index contributed by atoms with van der Waals surface area (Å²) in [6.45, 7) is 11.0. The van der Waals surface area contributed by atoms with E-state index >= 15 is 0 Å². The zero-order chi connectivity index (χ0) is 15.4. The number of nitrogens with one attached hydrogen (secondary N) is 1. The third-order valence-corrected chi connectivity index (χ3v) is 4.52. The maximum atomic E-state index is 4.89. The Bertz CT molecular complexity index is 452. The van der Waals surface area contributed by atoms with Gasteiger partial charge < -0.3 is 10.2 Å². The Labute approximate surface area is 130 Å². The minimum absolute atomic E-state index is 0.472. The molecular formula is C18H31N3. The molecule has 3 heteroatoms.